The van der Waals surface area contributed by atoms with E-state index in [-0.39, 0.29) is 0 Å². The van der Waals surface area contributed by atoms with Crippen LogP contribution in [-0.2, 0) is 4.74 Å². The van der Waals surface area contributed by atoms with Gasteiger partial charge in [0.25, 0.3) is 0 Å². The van der Waals surface area contributed by atoms with E-state index < -0.39 is 0 Å². The molecule has 1 aromatic heterocycles. The molecule has 0 aliphatic carbocycles. The first-order valence-corrected chi connectivity index (χ1v) is 7.52. The van der Waals surface area contributed by atoms with Gasteiger partial charge < -0.3 is 20.4 Å². The Kier molecular flexibility index (Phi) is 4.65. The zero-order valence-corrected chi connectivity index (χ0v) is 12.5. The molecule has 5 nitrogen and oxygen atoms in total. The number of benzene rings is 1. The highest BCUT2D eigenvalue weighted by Gasteiger charge is 2.11. The summed E-state index contributed by atoms with van der Waals surface area (Å²) >= 11 is 0. The quantitative estimate of drug-likeness (QED) is 0.851. The van der Waals surface area contributed by atoms with Gasteiger partial charge in [0.1, 0.15) is 5.82 Å². The predicted molar refractivity (Wildman–Crippen MR) is 89.5 cm³/mol. The first-order chi connectivity index (χ1) is 10.9. The smallest absolute Gasteiger partial charge is 0.130 e. The third-order valence-corrected chi connectivity index (χ3v) is 3.69. The van der Waals surface area contributed by atoms with E-state index in [0.717, 1.165) is 55.5 Å². The molecule has 0 radical (unpaired) electrons. The molecule has 0 atom stereocenters. The normalized spacial score (nSPS) is 15.2. The van der Waals surface area contributed by atoms with Crippen LogP contribution < -0.4 is 10.2 Å². The van der Waals surface area contributed by atoms with Gasteiger partial charge in [0, 0.05) is 55.1 Å². The second-order valence-corrected chi connectivity index (χ2v) is 5.21. The Morgan fingerprint density at radius 2 is 2.09 bits per heavy atom. The van der Waals surface area contributed by atoms with E-state index in [2.05, 4.69) is 15.2 Å². The van der Waals surface area contributed by atoms with E-state index in [1.165, 1.54) is 6.21 Å². The van der Waals surface area contributed by atoms with Gasteiger partial charge in [-0.15, -0.1) is 0 Å². The number of nitrogens with one attached hydrogen (secondary N) is 2. The molecule has 2 aromatic rings. The molecule has 1 aliphatic rings. The number of rotatable bonds is 4. The fourth-order valence-corrected chi connectivity index (χ4v) is 2.54. The van der Waals surface area contributed by atoms with Crippen molar-refractivity contribution < 1.29 is 4.74 Å². The number of nitrogens with zero attached hydrogens (tertiary/aromatic N) is 2. The van der Waals surface area contributed by atoms with Crippen molar-refractivity contribution in [1.82, 2.24) is 4.98 Å². The Morgan fingerprint density at radius 1 is 1.18 bits per heavy atom. The molecule has 1 fully saturated rings. The van der Waals surface area contributed by atoms with E-state index >= 15 is 0 Å². The Balaban J connectivity index is 1.80. The fraction of sp³-hybridized carbons (Fsp3) is 0.294. The average molecular weight is 296 g/mol. The molecule has 1 aromatic carbocycles. The number of pyridine rings is 1. The van der Waals surface area contributed by atoms with Crippen LogP contribution in [0.4, 0.5) is 17.2 Å². The van der Waals surface area contributed by atoms with E-state index in [9.17, 15) is 0 Å². The van der Waals surface area contributed by atoms with Gasteiger partial charge in [0.05, 0.1) is 6.61 Å². The van der Waals surface area contributed by atoms with Gasteiger partial charge in [-0.05, 0) is 18.6 Å². The van der Waals surface area contributed by atoms with Crippen LogP contribution in [0.25, 0.3) is 0 Å². The van der Waals surface area contributed by atoms with Crippen LogP contribution >= 0.6 is 0 Å². The van der Waals surface area contributed by atoms with Crippen LogP contribution in [0.2, 0.25) is 0 Å². The minimum Gasteiger partial charge on any atom is -0.380 e. The molecule has 5 heteroatoms. The van der Waals surface area contributed by atoms with Gasteiger partial charge in [0.2, 0.25) is 0 Å². The number of ether oxygens (including phenoxy) is 1. The van der Waals surface area contributed by atoms with Crippen molar-refractivity contribution in [2.45, 2.75) is 6.42 Å². The molecule has 0 amide bonds. The Labute approximate surface area is 130 Å². The standard InChI is InChI=1S/C17H20N4O/c18-13-14-4-1-2-5-16(14)20-15-6-7-19-17(12-15)21-8-3-10-22-11-9-21/h1-2,4-7,12-13,18H,3,8-11H2,(H,19,20). The molecule has 114 valence electrons. The minimum atomic E-state index is 0.746. The number of hydrogen-bond donors (Lipinski definition) is 2. The van der Waals surface area contributed by atoms with Crippen LogP contribution in [0.3, 0.4) is 0 Å². The maximum absolute atomic E-state index is 7.48. The third kappa shape index (κ3) is 3.43. The first kappa shape index (κ1) is 14.5. The zero-order valence-electron chi connectivity index (χ0n) is 12.5. The monoisotopic (exact) mass is 296 g/mol. The molecular formula is C17H20N4O. The van der Waals surface area contributed by atoms with Crippen LogP contribution in [0.1, 0.15) is 12.0 Å². The van der Waals surface area contributed by atoms with Gasteiger partial charge in [-0.2, -0.15) is 0 Å². The van der Waals surface area contributed by atoms with Crippen molar-refractivity contribution in [3.63, 3.8) is 0 Å². The molecule has 1 saturated heterocycles. The summed E-state index contributed by atoms with van der Waals surface area (Å²) < 4.78 is 5.49. The highest BCUT2D eigenvalue weighted by molar-refractivity contribution is 5.87. The second kappa shape index (κ2) is 7.04. The lowest BCUT2D eigenvalue weighted by atomic mass is 10.2. The summed E-state index contributed by atoms with van der Waals surface area (Å²) in [6.45, 7) is 3.40. The van der Waals surface area contributed by atoms with Gasteiger partial charge in [-0.3, -0.25) is 0 Å². The Bertz CT molecular complexity index is 636. The number of aromatic nitrogens is 1. The Morgan fingerprint density at radius 3 is 3.00 bits per heavy atom. The van der Waals surface area contributed by atoms with Crippen LogP contribution in [0, 0.1) is 5.41 Å². The largest absolute Gasteiger partial charge is 0.380 e. The lowest BCUT2D eigenvalue weighted by molar-refractivity contribution is 0.152. The number of anilines is 3. The lowest BCUT2D eigenvalue weighted by Crippen LogP contribution is -2.26. The topological polar surface area (TPSA) is 61.2 Å². The summed E-state index contributed by atoms with van der Waals surface area (Å²) in [5, 5.41) is 10.8. The molecule has 0 saturated carbocycles. The fourth-order valence-electron chi connectivity index (χ4n) is 2.54. The van der Waals surface area contributed by atoms with Crippen molar-refractivity contribution in [2.75, 3.05) is 36.5 Å². The van der Waals surface area contributed by atoms with E-state index in [1.807, 2.05) is 42.6 Å². The van der Waals surface area contributed by atoms with Gasteiger partial charge >= 0.3 is 0 Å². The highest BCUT2D eigenvalue weighted by Crippen LogP contribution is 2.23. The molecule has 22 heavy (non-hydrogen) atoms. The van der Waals surface area contributed by atoms with Crippen molar-refractivity contribution in [3.8, 4) is 0 Å². The molecule has 1 aliphatic heterocycles. The maximum atomic E-state index is 7.48. The summed E-state index contributed by atoms with van der Waals surface area (Å²) in [4.78, 5) is 6.73. The molecule has 2 N–H and O–H groups in total. The SMILES string of the molecule is N=Cc1ccccc1Nc1ccnc(N2CCCOCC2)c1. The summed E-state index contributed by atoms with van der Waals surface area (Å²) in [7, 11) is 0. The summed E-state index contributed by atoms with van der Waals surface area (Å²) in [5.74, 6) is 0.961. The molecular weight excluding hydrogens is 276 g/mol. The lowest BCUT2D eigenvalue weighted by Gasteiger charge is -2.21. The van der Waals surface area contributed by atoms with Gasteiger partial charge in [-0.25, -0.2) is 4.98 Å². The maximum Gasteiger partial charge on any atom is 0.130 e. The molecule has 0 bridgehead atoms. The van der Waals surface area contributed by atoms with Crippen molar-refractivity contribution >= 4 is 23.4 Å². The summed E-state index contributed by atoms with van der Waals surface area (Å²) in [6.07, 6.45) is 4.20. The van der Waals surface area contributed by atoms with E-state index in [4.69, 9.17) is 10.1 Å². The van der Waals surface area contributed by atoms with Gasteiger partial charge in [-0.1, -0.05) is 18.2 Å². The van der Waals surface area contributed by atoms with Crippen LogP contribution in [0.5, 0.6) is 0 Å². The zero-order chi connectivity index (χ0) is 15.2. The molecule has 0 unspecified atom stereocenters. The predicted octanol–water partition coefficient (Wildman–Crippen LogP) is 3.05. The van der Waals surface area contributed by atoms with Crippen molar-refractivity contribution in [2.24, 2.45) is 0 Å². The molecule has 2 heterocycles. The Hall–Kier alpha value is -2.40. The van der Waals surface area contributed by atoms with Crippen molar-refractivity contribution in [3.05, 3.63) is 48.2 Å². The minimum absolute atomic E-state index is 0.746. The number of hydrogen-bond acceptors (Lipinski definition) is 5. The van der Waals surface area contributed by atoms with Crippen molar-refractivity contribution in [1.29, 1.82) is 5.41 Å². The molecule has 0 spiro atoms. The summed E-state index contributed by atoms with van der Waals surface area (Å²) in [6, 6.07) is 11.8. The van der Waals surface area contributed by atoms with Crippen LogP contribution in [-0.4, -0.2) is 37.5 Å². The highest BCUT2D eigenvalue weighted by atomic mass is 16.5. The third-order valence-electron chi connectivity index (χ3n) is 3.69. The summed E-state index contributed by atoms with van der Waals surface area (Å²) in [5.41, 5.74) is 2.77. The van der Waals surface area contributed by atoms with E-state index in [0.29, 0.717) is 0 Å². The number of para-hydroxylation sites is 1. The van der Waals surface area contributed by atoms with E-state index in [1.54, 1.807) is 0 Å². The van der Waals surface area contributed by atoms with Crippen LogP contribution in [0.15, 0.2) is 42.6 Å². The first-order valence-electron chi connectivity index (χ1n) is 7.52. The molecule has 3 rings (SSSR count). The average Bonchev–Trinajstić information content (AvgIpc) is 2.85. The van der Waals surface area contributed by atoms with Gasteiger partial charge in [0.15, 0.2) is 0 Å². The second-order valence-electron chi connectivity index (χ2n) is 5.21.